The molecular weight excluding hydrogens is 534 g/mol. The Balaban J connectivity index is 1.67. The Labute approximate surface area is 240 Å². The van der Waals surface area contributed by atoms with E-state index in [-0.39, 0.29) is 12.7 Å². The van der Waals surface area contributed by atoms with Gasteiger partial charge in [-0.2, -0.15) is 0 Å². The zero-order valence-electron chi connectivity index (χ0n) is 23.8. The number of nitrogens with one attached hydrogen (secondary N) is 1. The highest BCUT2D eigenvalue weighted by Crippen LogP contribution is 2.36. The Morgan fingerprint density at radius 3 is 2.65 bits per heavy atom. The number of likely N-dealkylation sites (tertiary alicyclic amines) is 1. The van der Waals surface area contributed by atoms with E-state index in [0.717, 1.165) is 47.5 Å². The van der Waals surface area contributed by atoms with E-state index in [0.29, 0.717) is 60.1 Å². The Morgan fingerprint density at radius 1 is 1.25 bits per heavy atom. The number of amides is 1. The summed E-state index contributed by atoms with van der Waals surface area (Å²) in [6.07, 6.45) is 1.55. The average molecular weight is 572 g/mol. The van der Waals surface area contributed by atoms with Gasteiger partial charge in [0.05, 0.1) is 28.6 Å². The summed E-state index contributed by atoms with van der Waals surface area (Å²) in [6.45, 7) is 9.85. The maximum atomic E-state index is 12.2. The number of hydrogen-bond donors (Lipinski definition) is 2. The van der Waals surface area contributed by atoms with Crippen LogP contribution in [0.3, 0.4) is 0 Å². The Morgan fingerprint density at radius 2 is 2.00 bits per heavy atom. The number of nitrogens with zero attached hydrogens (tertiary/aromatic N) is 4. The van der Waals surface area contributed by atoms with Crippen LogP contribution >= 0.6 is 11.6 Å². The number of piperidine rings is 1. The summed E-state index contributed by atoms with van der Waals surface area (Å²) in [7, 11) is 1.77. The van der Waals surface area contributed by atoms with E-state index in [1.807, 2.05) is 27.7 Å². The van der Waals surface area contributed by atoms with Crippen molar-refractivity contribution < 1.29 is 23.9 Å². The van der Waals surface area contributed by atoms with Crippen LogP contribution in [0.1, 0.15) is 42.5 Å². The van der Waals surface area contributed by atoms with Crippen LogP contribution in [0.4, 0.5) is 4.79 Å². The molecule has 1 aliphatic rings. The van der Waals surface area contributed by atoms with Gasteiger partial charge >= 0.3 is 6.09 Å². The first-order valence-corrected chi connectivity index (χ1v) is 14.1. The van der Waals surface area contributed by atoms with Crippen molar-refractivity contribution in [3.63, 3.8) is 0 Å². The van der Waals surface area contributed by atoms with Crippen molar-refractivity contribution in [2.45, 2.75) is 53.1 Å². The molecule has 3 aromatic rings. The number of halogens is 1. The van der Waals surface area contributed by atoms with Gasteiger partial charge in [-0.1, -0.05) is 16.8 Å². The van der Waals surface area contributed by atoms with Gasteiger partial charge in [-0.3, -0.25) is 0 Å². The maximum Gasteiger partial charge on any atom is 0.409 e. The molecule has 216 valence electrons. The molecule has 40 heavy (non-hydrogen) atoms. The second-order valence-electron chi connectivity index (χ2n) is 10.2. The second kappa shape index (κ2) is 13.4. The minimum Gasteiger partial charge on any atom is -0.491 e. The van der Waals surface area contributed by atoms with Crippen molar-refractivity contribution in [1.82, 2.24) is 25.3 Å². The third-order valence-corrected chi connectivity index (χ3v) is 7.53. The number of aliphatic hydroxyl groups excluding tert-OH is 1. The molecule has 3 heterocycles. The first-order valence-electron chi connectivity index (χ1n) is 13.7. The van der Waals surface area contributed by atoms with E-state index in [4.69, 9.17) is 35.6 Å². The summed E-state index contributed by atoms with van der Waals surface area (Å²) in [6, 6.07) is 5.32. The third-order valence-electron chi connectivity index (χ3n) is 7.20. The molecule has 2 N–H and O–H groups in total. The SMILES string of the molecule is CCOC(=O)N1CCC(Cc2nc(-c3cc(OC[C@@H](O)CNC)ccc3Cl)nc(-c3c(C)noc3C)c2C)CC1. The van der Waals surface area contributed by atoms with Gasteiger partial charge in [0.2, 0.25) is 0 Å². The molecule has 1 amide bonds. The lowest BCUT2D eigenvalue weighted by atomic mass is 9.90. The summed E-state index contributed by atoms with van der Waals surface area (Å²) in [4.78, 5) is 23.9. The van der Waals surface area contributed by atoms with E-state index in [1.165, 1.54) is 0 Å². The molecule has 1 aliphatic heterocycles. The van der Waals surface area contributed by atoms with Crippen molar-refractivity contribution in [3.05, 3.63) is 45.9 Å². The summed E-state index contributed by atoms with van der Waals surface area (Å²) < 4.78 is 16.5. The molecule has 0 bridgehead atoms. The minimum absolute atomic E-state index is 0.136. The lowest BCUT2D eigenvalue weighted by molar-refractivity contribution is 0.0917. The molecule has 1 aromatic carbocycles. The lowest BCUT2D eigenvalue weighted by Crippen LogP contribution is -2.39. The normalized spacial score (nSPS) is 14.8. The van der Waals surface area contributed by atoms with Crippen LogP contribution in [0.5, 0.6) is 5.75 Å². The molecule has 0 aliphatic carbocycles. The number of benzene rings is 1. The number of carbonyl (C=O) groups excluding carboxylic acids is 1. The summed E-state index contributed by atoms with van der Waals surface area (Å²) in [5.41, 5.74) is 4.87. The van der Waals surface area contributed by atoms with Crippen molar-refractivity contribution >= 4 is 17.7 Å². The Bertz CT molecular complexity index is 1300. The monoisotopic (exact) mass is 571 g/mol. The lowest BCUT2D eigenvalue weighted by Gasteiger charge is -2.31. The third kappa shape index (κ3) is 6.92. The van der Waals surface area contributed by atoms with E-state index >= 15 is 0 Å². The van der Waals surface area contributed by atoms with Gasteiger partial charge in [0.1, 0.15) is 24.2 Å². The summed E-state index contributed by atoms with van der Waals surface area (Å²) >= 11 is 6.66. The fraction of sp³-hybridized carbons (Fsp3) is 0.517. The fourth-order valence-corrected chi connectivity index (χ4v) is 5.21. The number of aromatic nitrogens is 3. The predicted octanol–water partition coefficient (Wildman–Crippen LogP) is 4.75. The van der Waals surface area contributed by atoms with Gasteiger partial charge < -0.3 is 29.3 Å². The molecule has 1 saturated heterocycles. The number of carbonyl (C=O) groups is 1. The molecule has 4 rings (SSSR count). The maximum absolute atomic E-state index is 12.2. The molecule has 0 spiro atoms. The largest absolute Gasteiger partial charge is 0.491 e. The number of ether oxygens (including phenoxy) is 2. The van der Waals surface area contributed by atoms with Crippen molar-refractivity contribution in [2.24, 2.45) is 5.92 Å². The molecular formula is C29H38ClN5O5. The quantitative estimate of drug-likeness (QED) is 0.355. The molecule has 10 nitrogen and oxygen atoms in total. The first kappa shape index (κ1) is 29.8. The number of rotatable bonds is 10. The van der Waals surface area contributed by atoms with Gasteiger partial charge in [0.25, 0.3) is 0 Å². The van der Waals surface area contributed by atoms with Crippen molar-refractivity contribution in [1.29, 1.82) is 0 Å². The number of likely N-dealkylation sites (N-methyl/N-ethyl adjacent to an activating group) is 1. The van der Waals surface area contributed by atoms with Crippen LogP contribution in [0, 0.1) is 26.7 Å². The predicted molar refractivity (Wildman–Crippen MR) is 153 cm³/mol. The molecule has 11 heteroatoms. The van der Waals surface area contributed by atoms with Crippen molar-refractivity contribution in [3.8, 4) is 28.4 Å². The molecule has 2 aromatic heterocycles. The van der Waals surface area contributed by atoms with E-state index in [2.05, 4.69) is 10.5 Å². The van der Waals surface area contributed by atoms with E-state index < -0.39 is 6.10 Å². The zero-order valence-corrected chi connectivity index (χ0v) is 24.5. The van der Waals surface area contributed by atoms with Gasteiger partial charge in [-0.05, 0) is 83.7 Å². The van der Waals surface area contributed by atoms with Gasteiger partial charge in [0.15, 0.2) is 5.82 Å². The van der Waals surface area contributed by atoms with Crippen LogP contribution in [-0.4, -0.2) is 77.2 Å². The van der Waals surface area contributed by atoms with Crippen molar-refractivity contribution in [2.75, 3.05) is 39.9 Å². The van der Waals surface area contributed by atoms with Gasteiger partial charge in [0, 0.05) is 30.9 Å². The molecule has 1 fully saturated rings. The second-order valence-corrected chi connectivity index (χ2v) is 10.6. The van der Waals surface area contributed by atoms with Crippen LogP contribution in [-0.2, 0) is 11.2 Å². The number of aliphatic hydroxyl groups is 1. The van der Waals surface area contributed by atoms with Gasteiger partial charge in [-0.15, -0.1) is 0 Å². The summed E-state index contributed by atoms with van der Waals surface area (Å²) in [5.74, 6) is 2.07. The zero-order chi connectivity index (χ0) is 28.8. The smallest absolute Gasteiger partial charge is 0.409 e. The van der Waals surface area contributed by atoms with Gasteiger partial charge in [-0.25, -0.2) is 14.8 Å². The molecule has 0 saturated carbocycles. The fourth-order valence-electron chi connectivity index (χ4n) is 5.01. The molecule has 1 atom stereocenters. The van der Waals surface area contributed by atoms with Crippen LogP contribution in [0.25, 0.3) is 22.6 Å². The number of hydrogen-bond acceptors (Lipinski definition) is 9. The standard InChI is InChI=1S/C29H38ClN5O5/c1-6-38-29(37)35-11-9-20(10-12-35)13-25-17(2)27(26-18(3)34-40-19(26)4)33-28(32-25)23-14-22(7-8-24(23)30)39-16-21(36)15-31-5/h7-8,14,20-21,31,36H,6,9-13,15-16H2,1-5H3/t21-/m0/s1. The number of aryl methyl sites for hydroxylation is 2. The van der Waals surface area contributed by atoms with Crippen LogP contribution in [0.15, 0.2) is 22.7 Å². The highest BCUT2D eigenvalue weighted by Gasteiger charge is 2.27. The van der Waals surface area contributed by atoms with Crippen LogP contribution < -0.4 is 10.1 Å². The highest BCUT2D eigenvalue weighted by atomic mass is 35.5. The Hall–Kier alpha value is -3.21. The minimum atomic E-state index is -0.646. The summed E-state index contributed by atoms with van der Waals surface area (Å²) in [5, 5.41) is 17.6. The Kier molecular flexibility index (Phi) is 9.99. The topological polar surface area (TPSA) is 123 Å². The van der Waals surface area contributed by atoms with E-state index in [9.17, 15) is 9.90 Å². The highest BCUT2D eigenvalue weighted by molar-refractivity contribution is 6.33. The average Bonchev–Trinajstić information content (AvgIpc) is 3.27. The molecule has 0 unspecified atom stereocenters. The van der Waals surface area contributed by atoms with Crippen LogP contribution in [0.2, 0.25) is 5.02 Å². The first-order chi connectivity index (χ1) is 19.2. The van der Waals surface area contributed by atoms with E-state index in [1.54, 1.807) is 30.1 Å². The molecule has 0 radical (unpaired) electrons.